The summed E-state index contributed by atoms with van der Waals surface area (Å²) in [6.45, 7) is 5.36. The van der Waals surface area contributed by atoms with Crippen molar-refractivity contribution in [2.45, 2.75) is 33.0 Å². The number of fused-ring (bicyclic) bond motifs is 3. The van der Waals surface area contributed by atoms with E-state index in [1.807, 2.05) is 31.3 Å². The number of hydrogen-bond acceptors (Lipinski definition) is 5. The number of benzene rings is 1. The maximum Gasteiger partial charge on any atom is 0.471 e. The minimum absolute atomic E-state index is 0.367. The molecule has 0 saturated heterocycles. The van der Waals surface area contributed by atoms with E-state index in [9.17, 15) is 18.0 Å². The van der Waals surface area contributed by atoms with Gasteiger partial charge in [0.05, 0.1) is 5.71 Å². The number of amides is 1. The number of halogens is 4. The number of aliphatic imine (C=N–C) groups is 1. The fraction of sp³-hybridized carbons (Fsp3) is 0.300. The van der Waals surface area contributed by atoms with Crippen molar-refractivity contribution in [1.82, 2.24) is 20.1 Å². The lowest BCUT2D eigenvalue weighted by Crippen LogP contribution is -2.39. The van der Waals surface area contributed by atoms with Gasteiger partial charge < -0.3 is 5.32 Å². The van der Waals surface area contributed by atoms with Crippen LogP contribution in [0.1, 0.15) is 39.3 Å². The summed E-state index contributed by atoms with van der Waals surface area (Å²) in [5.41, 5.74) is 3.23. The maximum absolute atomic E-state index is 12.7. The van der Waals surface area contributed by atoms with Gasteiger partial charge >= 0.3 is 12.1 Å². The van der Waals surface area contributed by atoms with Crippen LogP contribution in [0.15, 0.2) is 29.3 Å². The fourth-order valence-electron chi connectivity index (χ4n) is 3.42. The maximum atomic E-state index is 12.7. The normalized spacial score (nSPS) is 15.7. The van der Waals surface area contributed by atoms with E-state index in [-0.39, 0.29) is 6.54 Å². The van der Waals surface area contributed by atoms with E-state index in [2.05, 4.69) is 10.2 Å². The number of nitrogens with one attached hydrogen (secondary N) is 1. The van der Waals surface area contributed by atoms with Crippen molar-refractivity contribution < 1.29 is 18.0 Å². The molecule has 0 bridgehead atoms. The first-order valence-corrected chi connectivity index (χ1v) is 10.5. The fourth-order valence-corrected chi connectivity index (χ4v) is 4.76. The van der Waals surface area contributed by atoms with Gasteiger partial charge in [0, 0.05) is 27.6 Å². The molecule has 3 aromatic rings. The van der Waals surface area contributed by atoms with Crippen LogP contribution < -0.4 is 5.32 Å². The van der Waals surface area contributed by atoms with Gasteiger partial charge in [-0.15, -0.1) is 21.5 Å². The first-order chi connectivity index (χ1) is 14.6. The van der Waals surface area contributed by atoms with Gasteiger partial charge in [-0.2, -0.15) is 13.2 Å². The van der Waals surface area contributed by atoms with Crippen molar-refractivity contribution in [3.63, 3.8) is 0 Å². The molecule has 1 atom stereocenters. The van der Waals surface area contributed by atoms with Crippen LogP contribution in [0.3, 0.4) is 0 Å². The van der Waals surface area contributed by atoms with E-state index in [1.54, 1.807) is 23.6 Å². The quantitative estimate of drug-likeness (QED) is 0.617. The highest BCUT2D eigenvalue weighted by molar-refractivity contribution is 7.15. The van der Waals surface area contributed by atoms with Gasteiger partial charge in [-0.25, -0.2) is 0 Å². The molecule has 3 heterocycles. The predicted molar refractivity (Wildman–Crippen MR) is 112 cm³/mol. The summed E-state index contributed by atoms with van der Waals surface area (Å²) < 4.78 is 40.0. The van der Waals surface area contributed by atoms with Crippen LogP contribution in [-0.4, -0.2) is 39.1 Å². The van der Waals surface area contributed by atoms with Crippen LogP contribution in [0.5, 0.6) is 0 Å². The lowest BCUT2D eigenvalue weighted by molar-refractivity contribution is -0.173. The molecule has 6 nitrogen and oxygen atoms in total. The number of hydrogen-bond donors (Lipinski definition) is 1. The minimum atomic E-state index is -4.98. The number of carbonyl (C=O) groups is 1. The van der Waals surface area contributed by atoms with Crippen LogP contribution in [0.4, 0.5) is 13.2 Å². The number of aryl methyl sites for hydroxylation is 2. The Hall–Kier alpha value is -2.72. The highest BCUT2D eigenvalue weighted by atomic mass is 35.5. The van der Waals surface area contributed by atoms with Crippen molar-refractivity contribution in [3.8, 4) is 5.00 Å². The molecule has 162 valence electrons. The molecular formula is C20H17ClF3N5OS. The molecule has 0 aliphatic carbocycles. The molecule has 1 aromatic carbocycles. The summed E-state index contributed by atoms with van der Waals surface area (Å²) >= 11 is 7.57. The average Bonchev–Trinajstić information content (AvgIpc) is 3.17. The van der Waals surface area contributed by atoms with Gasteiger partial charge in [0.2, 0.25) is 0 Å². The molecule has 4 rings (SSSR count). The summed E-state index contributed by atoms with van der Waals surface area (Å²) in [7, 11) is 0. The highest BCUT2D eigenvalue weighted by Gasteiger charge is 2.39. The highest BCUT2D eigenvalue weighted by Crippen LogP contribution is 2.38. The Kier molecular flexibility index (Phi) is 5.38. The first-order valence-electron chi connectivity index (χ1n) is 9.29. The number of thiophene rings is 1. The van der Waals surface area contributed by atoms with Crippen molar-refractivity contribution in [2.75, 3.05) is 6.54 Å². The number of carbonyl (C=O) groups excluding carboxylic acids is 1. The molecule has 0 saturated carbocycles. The Morgan fingerprint density at radius 1 is 1.19 bits per heavy atom. The van der Waals surface area contributed by atoms with Gasteiger partial charge in [-0.05, 0) is 38.5 Å². The van der Waals surface area contributed by atoms with Crippen LogP contribution in [0.25, 0.3) is 5.00 Å². The third kappa shape index (κ3) is 3.85. The van der Waals surface area contributed by atoms with Gasteiger partial charge in [-0.1, -0.05) is 23.7 Å². The van der Waals surface area contributed by atoms with E-state index in [0.29, 0.717) is 22.4 Å². The molecule has 1 amide bonds. The summed E-state index contributed by atoms with van der Waals surface area (Å²) in [6, 6.07) is 6.20. The predicted octanol–water partition coefficient (Wildman–Crippen LogP) is 4.48. The van der Waals surface area contributed by atoms with Gasteiger partial charge in [0.15, 0.2) is 5.82 Å². The Morgan fingerprint density at radius 2 is 1.87 bits per heavy atom. The summed E-state index contributed by atoms with van der Waals surface area (Å²) in [5, 5.41) is 11.6. The van der Waals surface area contributed by atoms with Gasteiger partial charge in [-0.3, -0.25) is 14.4 Å². The van der Waals surface area contributed by atoms with Gasteiger partial charge in [0.1, 0.15) is 16.9 Å². The van der Waals surface area contributed by atoms with E-state index in [0.717, 1.165) is 26.6 Å². The second-order valence-electron chi connectivity index (χ2n) is 7.11. The van der Waals surface area contributed by atoms with Crippen LogP contribution in [0.2, 0.25) is 5.02 Å². The molecule has 1 aliphatic heterocycles. The van der Waals surface area contributed by atoms with Gasteiger partial charge in [0.25, 0.3) is 0 Å². The number of aromatic nitrogens is 3. The zero-order chi connectivity index (χ0) is 22.5. The zero-order valence-electron chi connectivity index (χ0n) is 16.7. The molecular weight excluding hydrogens is 451 g/mol. The van der Waals surface area contributed by atoms with E-state index < -0.39 is 18.1 Å². The van der Waals surface area contributed by atoms with E-state index in [1.165, 1.54) is 11.3 Å². The van der Waals surface area contributed by atoms with Crippen molar-refractivity contribution in [1.29, 1.82) is 0 Å². The summed E-state index contributed by atoms with van der Waals surface area (Å²) in [6.07, 6.45) is -4.98. The first kappa shape index (κ1) is 21.5. The molecule has 1 aliphatic rings. The monoisotopic (exact) mass is 467 g/mol. The molecule has 1 N–H and O–H groups in total. The SMILES string of the molecule is Cc1sc2c(c1C)C(c1ccc(Cl)cc1)=N[C@@H](CNC(=O)C(F)(F)F)c1nnc(C)n1-2. The lowest BCUT2D eigenvalue weighted by Gasteiger charge is -2.14. The topological polar surface area (TPSA) is 72.2 Å². The smallest absolute Gasteiger partial charge is 0.346 e. The third-order valence-corrected chi connectivity index (χ3v) is 6.51. The molecule has 0 radical (unpaired) electrons. The van der Waals surface area contributed by atoms with Crippen molar-refractivity contribution >= 4 is 34.6 Å². The zero-order valence-corrected chi connectivity index (χ0v) is 18.3. The van der Waals surface area contributed by atoms with E-state index >= 15 is 0 Å². The molecule has 0 unspecified atom stereocenters. The minimum Gasteiger partial charge on any atom is -0.346 e. The number of alkyl halides is 3. The van der Waals surface area contributed by atoms with Crippen LogP contribution >= 0.6 is 22.9 Å². The molecule has 31 heavy (non-hydrogen) atoms. The Balaban J connectivity index is 1.89. The lowest BCUT2D eigenvalue weighted by atomic mass is 10.00. The molecule has 0 fully saturated rings. The summed E-state index contributed by atoms with van der Waals surface area (Å²) in [4.78, 5) is 17.3. The molecule has 0 spiro atoms. The van der Waals surface area contributed by atoms with Crippen molar-refractivity contribution in [3.05, 3.63) is 62.5 Å². The van der Waals surface area contributed by atoms with Crippen LogP contribution in [-0.2, 0) is 4.79 Å². The molecule has 11 heteroatoms. The standard InChI is InChI=1S/C20H17ClF3N5OS/c1-9-10(2)31-18-15(9)16(12-4-6-13(21)7-5-12)26-14(8-25-19(30)20(22,23)24)17-28-27-11(3)29(17)18/h4-7,14H,8H2,1-3H3,(H,25,30)/t14-/m0/s1. The average molecular weight is 468 g/mol. The summed E-state index contributed by atoms with van der Waals surface area (Å²) in [5.74, 6) is -1.08. The largest absolute Gasteiger partial charge is 0.471 e. The third-order valence-electron chi connectivity index (χ3n) is 5.07. The second-order valence-corrected chi connectivity index (χ2v) is 8.75. The van der Waals surface area contributed by atoms with E-state index in [4.69, 9.17) is 16.6 Å². The van der Waals surface area contributed by atoms with Crippen LogP contribution in [0, 0.1) is 20.8 Å². The number of nitrogens with zero attached hydrogens (tertiary/aromatic N) is 4. The second kappa shape index (κ2) is 7.76. The Bertz CT molecular complexity index is 1200. The number of rotatable bonds is 3. The molecule has 2 aromatic heterocycles. The Morgan fingerprint density at radius 3 is 2.52 bits per heavy atom. The Labute approximate surface area is 184 Å². The van der Waals surface area contributed by atoms with Crippen molar-refractivity contribution in [2.24, 2.45) is 4.99 Å².